The highest BCUT2D eigenvalue weighted by Gasteiger charge is 2.44. The molecular formula is C14H24N2O4. The lowest BCUT2D eigenvalue weighted by Gasteiger charge is -2.48. The predicted octanol–water partition coefficient (Wildman–Crippen LogP) is 1.40. The van der Waals surface area contributed by atoms with Crippen LogP contribution in [0.2, 0.25) is 0 Å². The largest absolute Gasteiger partial charge is 0.480 e. The summed E-state index contributed by atoms with van der Waals surface area (Å²) in [4.78, 5) is 26.4. The van der Waals surface area contributed by atoms with Crippen molar-refractivity contribution in [2.24, 2.45) is 5.92 Å². The summed E-state index contributed by atoms with van der Waals surface area (Å²) in [5, 5.41) is 8.61. The SMILES string of the molecule is CCCC1CCN(C(=O)N2CC(C)(OCC(=O)O)C2)C1. The molecule has 2 aliphatic rings. The van der Waals surface area contributed by atoms with Crippen LogP contribution >= 0.6 is 0 Å². The molecule has 6 heteroatoms. The zero-order valence-electron chi connectivity index (χ0n) is 12.3. The van der Waals surface area contributed by atoms with E-state index in [9.17, 15) is 9.59 Å². The Hall–Kier alpha value is -1.30. The second kappa shape index (κ2) is 5.99. The molecule has 6 nitrogen and oxygen atoms in total. The average Bonchev–Trinajstić information content (AvgIpc) is 2.81. The van der Waals surface area contributed by atoms with E-state index in [4.69, 9.17) is 9.84 Å². The number of carbonyl (C=O) groups is 2. The van der Waals surface area contributed by atoms with Gasteiger partial charge in [0.2, 0.25) is 0 Å². The first-order chi connectivity index (χ1) is 9.43. The maximum atomic E-state index is 12.3. The number of carboxylic acids is 1. The molecule has 2 heterocycles. The summed E-state index contributed by atoms with van der Waals surface area (Å²) < 4.78 is 5.32. The van der Waals surface area contributed by atoms with Crippen molar-refractivity contribution in [3.8, 4) is 0 Å². The van der Waals surface area contributed by atoms with Gasteiger partial charge >= 0.3 is 12.0 Å². The number of amides is 2. The first-order valence-corrected chi connectivity index (χ1v) is 7.33. The minimum atomic E-state index is -0.974. The van der Waals surface area contributed by atoms with Crippen molar-refractivity contribution in [1.29, 1.82) is 0 Å². The number of ether oxygens (including phenoxy) is 1. The number of rotatable bonds is 5. The summed E-state index contributed by atoms with van der Waals surface area (Å²) >= 11 is 0. The number of hydrogen-bond acceptors (Lipinski definition) is 3. The van der Waals surface area contributed by atoms with Crippen LogP contribution in [0.1, 0.15) is 33.1 Å². The van der Waals surface area contributed by atoms with E-state index in [0.29, 0.717) is 19.0 Å². The molecule has 1 N–H and O–H groups in total. The van der Waals surface area contributed by atoms with Gasteiger partial charge in [-0.1, -0.05) is 13.3 Å². The molecule has 2 amide bonds. The molecule has 1 unspecified atom stereocenters. The minimum Gasteiger partial charge on any atom is -0.480 e. The number of aliphatic carboxylic acids is 1. The Bertz CT molecular complexity index is 379. The summed E-state index contributed by atoms with van der Waals surface area (Å²) in [6.45, 7) is 6.38. The van der Waals surface area contributed by atoms with Gasteiger partial charge in [0, 0.05) is 13.1 Å². The van der Waals surface area contributed by atoms with Crippen molar-refractivity contribution < 1.29 is 19.4 Å². The Morgan fingerprint density at radius 1 is 1.35 bits per heavy atom. The van der Waals surface area contributed by atoms with Crippen molar-refractivity contribution in [3.05, 3.63) is 0 Å². The lowest BCUT2D eigenvalue weighted by atomic mass is 9.97. The van der Waals surface area contributed by atoms with Crippen molar-refractivity contribution in [3.63, 3.8) is 0 Å². The Morgan fingerprint density at radius 2 is 2.05 bits per heavy atom. The maximum absolute atomic E-state index is 12.3. The molecule has 0 aromatic carbocycles. The van der Waals surface area contributed by atoms with Gasteiger partial charge in [0.1, 0.15) is 12.2 Å². The number of nitrogens with zero attached hydrogens (tertiary/aromatic N) is 2. The van der Waals surface area contributed by atoms with Gasteiger partial charge in [0.15, 0.2) is 0 Å². The average molecular weight is 284 g/mol. The zero-order chi connectivity index (χ0) is 14.8. The van der Waals surface area contributed by atoms with Crippen molar-refractivity contribution in [1.82, 2.24) is 9.80 Å². The van der Waals surface area contributed by atoms with Gasteiger partial charge in [-0.3, -0.25) is 0 Å². The van der Waals surface area contributed by atoms with Gasteiger partial charge in [0.05, 0.1) is 13.1 Å². The molecule has 0 aliphatic carbocycles. The second-order valence-corrected chi connectivity index (χ2v) is 6.16. The van der Waals surface area contributed by atoms with E-state index < -0.39 is 11.6 Å². The Morgan fingerprint density at radius 3 is 2.65 bits per heavy atom. The number of urea groups is 1. The number of carboxylic acid groups (broad SMARTS) is 1. The highest BCUT2D eigenvalue weighted by atomic mass is 16.5. The summed E-state index contributed by atoms with van der Waals surface area (Å²) in [6, 6.07) is 0.0694. The fourth-order valence-corrected chi connectivity index (χ4v) is 3.07. The normalized spacial score (nSPS) is 24.6. The van der Waals surface area contributed by atoms with Crippen molar-refractivity contribution in [2.75, 3.05) is 32.8 Å². The van der Waals surface area contributed by atoms with Gasteiger partial charge in [0.25, 0.3) is 0 Å². The molecule has 0 saturated carbocycles. The molecule has 1 atom stereocenters. The number of likely N-dealkylation sites (tertiary alicyclic amines) is 2. The minimum absolute atomic E-state index is 0.0694. The van der Waals surface area contributed by atoms with Gasteiger partial charge < -0.3 is 19.6 Å². The molecule has 0 spiro atoms. The molecule has 114 valence electrons. The number of carbonyl (C=O) groups excluding carboxylic acids is 1. The van der Waals surface area contributed by atoms with Gasteiger partial charge in [-0.25, -0.2) is 9.59 Å². The van der Waals surface area contributed by atoms with Crippen molar-refractivity contribution >= 4 is 12.0 Å². The smallest absolute Gasteiger partial charge is 0.329 e. The van der Waals surface area contributed by atoms with Crippen LogP contribution in [0.3, 0.4) is 0 Å². The fraction of sp³-hybridized carbons (Fsp3) is 0.857. The Balaban J connectivity index is 1.75. The van der Waals surface area contributed by atoms with E-state index in [1.807, 2.05) is 11.8 Å². The highest BCUT2D eigenvalue weighted by molar-refractivity contribution is 5.76. The third-order valence-corrected chi connectivity index (χ3v) is 4.12. The summed E-state index contributed by atoms with van der Waals surface area (Å²) in [5.74, 6) is -0.335. The molecule has 20 heavy (non-hydrogen) atoms. The van der Waals surface area contributed by atoms with Crippen LogP contribution < -0.4 is 0 Å². The summed E-state index contributed by atoms with van der Waals surface area (Å²) in [7, 11) is 0. The van der Waals surface area contributed by atoms with E-state index in [2.05, 4.69) is 6.92 Å². The van der Waals surface area contributed by atoms with Gasteiger partial charge in [-0.2, -0.15) is 0 Å². The Kier molecular flexibility index (Phi) is 4.52. The summed E-state index contributed by atoms with van der Waals surface area (Å²) in [6.07, 6.45) is 3.45. The predicted molar refractivity (Wildman–Crippen MR) is 73.5 cm³/mol. The van der Waals surface area contributed by atoms with E-state index in [1.54, 1.807) is 4.90 Å². The number of hydrogen-bond donors (Lipinski definition) is 1. The van der Waals surface area contributed by atoms with E-state index in [0.717, 1.165) is 25.9 Å². The van der Waals surface area contributed by atoms with Gasteiger partial charge in [-0.05, 0) is 25.7 Å². The van der Waals surface area contributed by atoms with Crippen LogP contribution in [0.4, 0.5) is 4.79 Å². The molecule has 2 aliphatic heterocycles. The second-order valence-electron chi connectivity index (χ2n) is 6.16. The topological polar surface area (TPSA) is 70.1 Å². The molecule has 2 rings (SSSR count). The standard InChI is InChI=1S/C14H24N2O4/c1-3-4-11-5-6-15(7-11)13(19)16-9-14(2,10-16)20-8-12(17)18/h11H,3-10H2,1-2H3,(H,17,18). The van der Waals surface area contributed by atoms with Crippen LogP contribution in [-0.2, 0) is 9.53 Å². The third kappa shape index (κ3) is 3.42. The van der Waals surface area contributed by atoms with Crippen LogP contribution in [0.25, 0.3) is 0 Å². The van der Waals surface area contributed by atoms with Gasteiger partial charge in [-0.15, -0.1) is 0 Å². The highest BCUT2D eigenvalue weighted by Crippen LogP contribution is 2.28. The molecule has 0 aromatic heterocycles. The van der Waals surface area contributed by atoms with Crippen LogP contribution in [0.15, 0.2) is 0 Å². The van der Waals surface area contributed by atoms with Crippen LogP contribution in [-0.4, -0.2) is 65.3 Å². The molecule has 0 radical (unpaired) electrons. The van der Waals surface area contributed by atoms with E-state index >= 15 is 0 Å². The third-order valence-electron chi connectivity index (χ3n) is 4.12. The Labute approximate surface area is 119 Å². The lowest BCUT2D eigenvalue weighted by Crippen LogP contribution is -2.65. The molecule has 2 saturated heterocycles. The van der Waals surface area contributed by atoms with E-state index in [1.165, 1.54) is 6.42 Å². The fourth-order valence-electron chi connectivity index (χ4n) is 3.07. The van der Waals surface area contributed by atoms with Crippen LogP contribution in [0.5, 0.6) is 0 Å². The van der Waals surface area contributed by atoms with Crippen molar-refractivity contribution in [2.45, 2.75) is 38.7 Å². The zero-order valence-corrected chi connectivity index (χ0v) is 12.3. The lowest BCUT2D eigenvalue weighted by molar-refractivity contribution is -0.160. The first-order valence-electron chi connectivity index (χ1n) is 7.33. The van der Waals surface area contributed by atoms with Crippen LogP contribution in [0, 0.1) is 5.92 Å². The molecular weight excluding hydrogens is 260 g/mol. The quantitative estimate of drug-likeness (QED) is 0.828. The maximum Gasteiger partial charge on any atom is 0.329 e. The molecule has 0 bridgehead atoms. The molecule has 2 fully saturated rings. The molecule has 0 aromatic rings. The van der Waals surface area contributed by atoms with E-state index in [-0.39, 0.29) is 12.6 Å². The monoisotopic (exact) mass is 284 g/mol. The summed E-state index contributed by atoms with van der Waals surface area (Å²) in [5.41, 5.74) is -0.503. The first kappa shape index (κ1) is 15.1.